The molecule has 2 aromatic carbocycles. The number of ether oxygens (including phenoxy) is 1. The molecule has 3 heterocycles. The topological polar surface area (TPSA) is 78.7 Å². The first-order valence-corrected chi connectivity index (χ1v) is 11.4. The monoisotopic (exact) mass is 454 g/mol. The Morgan fingerprint density at radius 2 is 1.79 bits per heavy atom. The fourth-order valence-corrected chi connectivity index (χ4v) is 4.09. The van der Waals surface area contributed by atoms with Gasteiger partial charge in [-0.15, -0.1) is 0 Å². The highest BCUT2D eigenvalue weighted by molar-refractivity contribution is 5.56. The van der Waals surface area contributed by atoms with E-state index in [0.29, 0.717) is 29.9 Å². The van der Waals surface area contributed by atoms with Gasteiger partial charge in [-0.2, -0.15) is 10.2 Å². The van der Waals surface area contributed by atoms with Gasteiger partial charge in [0.25, 0.3) is 5.89 Å². The first-order valence-electron chi connectivity index (χ1n) is 11.4. The molecular weight excluding hydrogens is 428 g/mol. The second-order valence-electron chi connectivity index (χ2n) is 8.40. The minimum absolute atomic E-state index is 0.278. The summed E-state index contributed by atoms with van der Waals surface area (Å²) in [5.74, 6) is 2.73. The van der Waals surface area contributed by atoms with Crippen LogP contribution in [-0.4, -0.2) is 36.1 Å². The molecule has 0 aliphatic carbocycles. The number of nitrogens with zero attached hydrogens (tertiary/aromatic N) is 4. The van der Waals surface area contributed by atoms with Crippen molar-refractivity contribution in [1.82, 2.24) is 9.88 Å². The molecule has 4 aromatic rings. The maximum Gasteiger partial charge on any atom is 0.266 e. The Hall–Kier alpha value is -4.02. The number of hydrogen-bond acceptors (Lipinski definition) is 7. The lowest BCUT2D eigenvalue weighted by atomic mass is 10.2. The number of rotatable bonds is 7. The van der Waals surface area contributed by atoms with Crippen LogP contribution in [0.3, 0.4) is 0 Å². The molecule has 34 heavy (non-hydrogen) atoms. The lowest BCUT2D eigenvalue weighted by Crippen LogP contribution is -2.46. The minimum Gasteiger partial charge on any atom is -0.486 e. The number of nitriles is 1. The average Bonchev–Trinajstić information content (AvgIpc) is 3.51. The van der Waals surface area contributed by atoms with Gasteiger partial charge in [-0.05, 0) is 42.3 Å². The smallest absolute Gasteiger partial charge is 0.266 e. The second-order valence-corrected chi connectivity index (χ2v) is 8.40. The van der Waals surface area contributed by atoms with E-state index in [1.807, 2.05) is 43.3 Å². The molecule has 0 spiro atoms. The zero-order valence-electron chi connectivity index (χ0n) is 19.1. The van der Waals surface area contributed by atoms with Gasteiger partial charge in [0.15, 0.2) is 5.76 Å². The van der Waals surface area contributed by atoms with Crippen molar-refractivity contribution < 1.29 is 13.6 Å². The van der Waals surface area contributed by atoms with E-state index in [1.54, 1.807) is 6.07 Å². The molecular formula is C27H26N4O3. The standard InChI is InChI=1S/C27H26N4O3/c1-20-6-5-9-22(16-20)32-19-23-10-11-25(33-23)26-29-24(17-28)27(34-26)31-14-12-30(13-15-31)18-21-7-3-2-4-8-21/h2-11,16H,12-15,18-19H2,1H3. The van der Waals surface area contributed by atoms with E-state index < -0.39 is 0 Å². The zero-order chi connectivity index (χ0) is 23.3. The fourth-order valence-electron chi connectivity index (χ4n) is 4.09. The summed E-state index contributed by atoms with van der Waals surface area (Å²) in [6.45, 7) is 6.54. The van der Waals surface area contributed by atoms with Gasteiger partial charge in [0.05, 0.1) is 0 Å². The van der Waals surface area contributed by atoms with Crippen LogP contribution >= 0.6 is 0 Å². The van der Waals surface area contributed by atoms with Gasteiger partial charge in [-0.1, -0.05) is 42.5 Å². The average molecular weight is 455 g/mol. The summed E-state index contributed by atoms with van der Waals surface area (Å²) < 4.78 is 17.7. The second kappa shape index (κ2) is 9.86. The molecule has 7 heteroatoms. The third-order valence-corrected chi connectivity index (χ3v) is 5.87. The highest BCUT2D eigenvalue weighted by atomic mass is 16.5. The summed E-state index contributed by atoms with van der Waals surface area (Å²) in [5.41, 5.74) is 2.71. The Kier molecular flexibility index (Phi) is 6.32. The van der Waals surface area contributed by atoms with Gasteiger partial charge in [-0.25, -0.2) is 0 Å². The number of oxazole rings is 1. The van der Waals surface area contributed by atoms with Crippen LogP contribution in [0.25, 0.3) is 11.7 Å². The van der Waals surface area contributed by atoms with Gasteiger partial charge in [0.1, 0.15) is 24.2 Å². The van der Waals surface area contributed by atoms with Crippen LogP contribution in [0, 0.1) is 18.3 Å². The van der Waals surface area contributed by atoms with E-state index >= 15 is 0 Å². The SMILES string of the molecule is Cc1cccc(OCc2ccc(-c3nc(C#N)c(N4CCN(Cc5ccccc5)CC4)o3)o2)c1. The van der Waals surface area contributed by atoms with Crippen molar-refractivity contribution in [2.45, 2.75) is 20.1 Å². The number of piperazine rings is 1. The van der Waals surface area contributed by atoms with Crippen molar-refractivity contribution in [1.29, 1.82) is 5.26 Å². The van der Waals surface area contributed by atoms with Gasteiger partial charge in [-0.3, -0.25) is 4.90 Å². The van der Waals surface area contributed by atoms with Crippen molar-refractivity contribution in [3.05, 3.63) is 89.3 Å². The summed E-state index contributed by atoms with van der Waals surface area (Å²) in [4.78, 5) is 8.88. The number of aryl methyl sites for hydroxylation is 1. The molecule has 0 amide bonds. The van der Waals surface area contributed by atoms with Crippen LogP contribution < -0.4 is 9.64 Å². The Morgan fingerprint density at radius 3 is 2.56 bits per heavy atom. The zero-order valence-corrected chi connectivity index (χ0v) is 19.1. The molecule has 1 aliphatic rings. The van der Waals surface area contributed by atoms with Crippen molar-refractivity contribution in [3.63, 3.8) is 0 Å². The highest BCUT2D eigenvalue weighted by Crippen LogP contribution is 2.30. The molecule has 172 valence electrons. The molecule has 0 atom stereocenters. The third kappa shape index (κ3) is 4.98. The first kappa shape index (κ1) is 21.8. The van der Waals surface area contributed by atoms with Crippen LogP contribution in [0.5, 0.6) is 5.75 Å². The van der Waals surface area contributed by atoms with Crippen LogP contribution in [0.1, 0.15) is 22.6 Å². The predicted molar refractivity (Wildman–Crippen MR) is 128 cm³/mol. The van der Waals surface area contributed by atoms with Gasteiger partial charge in [0.2, 0.25) is 11.6 Å². The highest BCUT2D eigenvalue weighted by Gasteiger charge is 2.25. The minimum atomic E-state index is 0.278. The molecule has 1 fully saturated rings. The van der Waals surface area contributed by atoms with Crippen LogP contribution in [0.4, 0.5) is 5.88 Å². The maximum atomic E-state index is 9.63. The fraction of sp³-hybridized carbons (Fsp3) is 0.259. The van der Waals surface area contributed by atoms with Gasteiger partial charge < -0.3 is 18.5 Å². The van der Waals surface area contributed by atoms with Crippen molar-refractivity contribution in [2.24, 2.45) is 0 Å². The molecule has 0 saturated carbocycles. The largest absolute Gasteiger partial charge is 0.486 e. The number of hydrogen-bond donors (Lipinski definition) is 0. The van der Waals surface area contributed by atoms with Gasteiger partial charge >= 0.3 is 0 Å². The number of aromatic nitrogens is 1. The van der Waals surface area contributed by atoms with E-state index in [9.17, 15) is 5.26 Å². The summed E-state index contributed by atoms with van der Waals surface area (Å²) in [6, 6.07) is 24.1. The Balaban J connectivity index is 1.23. The molecule has 0 N–H and O–H groups in total. The summed E-state index contributed by atoms with van der Waals surface area (Å²) in [7, 11) is 0. The molecule has 0 unspecified atom stereocenters. The lowest BCUT2D eigenvalue weighted by Gasteiger charge is -2.34. The van der Waals surface area contributed by atoms with E-state index in [0.717, 1.165) is 44.0 Å². The third-order valence-electron chi connectivity index (χ3n) is 5.87. The van der Waals surface area contributed by atoms with E-state index in [2.05, 4.69) is 45.1 Å². The molecule has 5 rings (SSSR count). The predicted octanol–water partition coefficient (Wildman–Crippen LogP) is 5.02. The molecule has 1 saturated heterocycles. The van der Waals surface area contributed by atoms with Crippen LogP contribution in [0.2, 0.25) is 0 Å². The van der Waals surface area contributed by atoms with Crippen molar-refractivity contribution >= 4 is 5.88 Å². The maximum absolute atomic E-state index is 9.63. The Morgan fingerprint density at radius 1 is 0.971 bits per heavy atom. The quantitative estimate of drug-likeness (QED) is 0.388. The normalized spacial score (nSPS) is 14.2. The van der Waals surface area contributed by atoms with E-state index in [-0.39, 0.29) is 5.69 Å². The lowest BCUT2D eigenvalue weighted by molar-refractivity contribution is 0.246. The Bertz CT molecular complexity index is 1280. The van der Waals surface area contributed by atoms with Crippen LogP contribution in [0.15, 0.2) is 75.6 Å². The summed E-state index contributed by atoms with van der Waals surface area (Å²) in [5, 5.41) is 9.63. The molecule has 0 radical (unpaired) electrons. The van der Waals surface area contributed by atoms with Crippen LogP contribution in [-0.2, 0) is 13.2 Å². The molecule has 0 bridgehead atoms. The van der Waals surface area contributed by atoms with E-state index in [4.69, 9.17) is 13.6 Å². The summed E-state index contributed by atoms with van der Waals surface area (Å²) >= 11 is 0. The number of anilines is 1. The number of furan rings is 1. The van der Waals surface area contributed by atoms with Gasteiger partial charge in [0, 0.05) is 32.7 Å². The Labute approximate surface area is 198 Å². The molecule has 2 aromatic heterocycles. The van der Waals surface area contributed by atoms with Crippen molar-refractivity contribution in [3.8, 4) is 23.5 Å². The first-order chi connectivity index (χ1) is 16.7. The molecule has 1 aliphatic heterocycles. The molecule has 7 nitrogen and oxygen atoms in total. The number of benzene rings is 2. The van der Waals surface area contributed by atoms with E-state index in [1.165, 1.54) is 5.56 Å². The van der Waals surface area contributed by atoms with Crippen molar-refractivity contribution in [2.75, 3.05) is 31.1 Å². The summed E-state index contributed by atoms with van der Waals surface area (Å²) in [6.07, 6.45) is 0.